The van der Waals surface area contributed by atoms with Crippen molar-refractivity contribution in [2.24, 2.45) is 0 Å². The smallest absolute Gasteiger partial charge is 0.329 e. The average Bonchev–Trinajstić information content (AvgIpc) is 3.15. The van der Waals surface area contributed by atoms with Gasteiger partial charge in [0.15, 0.2) is 0 Å². The van der Waals surface area contributed by atoms with Crippen molar-refractivity contribution in [3.05, 3.63) is 50.6 Å². The molecule has 1 aliphatic rings. The Hall–Kier alpha value is -2.47. The average molecular weight is 368 g/mol. The maximum Gasteiger partial charge on any atom is 0.329 e. The predicted molar refractivity (Wildman–Crippen MR) is 103 cm³/mol. The molecule has 0 fully saturated rings. The van der Waals surface area contributed by atoms with Crippen LogP contribution in [0.5, 0.6) is 0 Å². The summed E-state index contributed by atoms with van der Waals surface area (Å²) in [5.74, 6) is -0.643. The molecule has 0 atom stereocenters. The minimum Gasteiger partial charge on any atom is -0.480 e. The molecule has 0 saturated heterocycles. The Balaban J connectivity index is 2.11. The third kappa shape index (κ3) is 2.40. The van der Waals surface area contributed by atoms with Crippen LogP contribution in [0, 0.1) is 6.92 Å². The van der Waals surface area contributed by atoms with Crippen LogP contribution in [0.1, 0.15) is 36.3 Å². The molecule has 6 heteroatoms. The lowest BCUT2D eigenvalue weighted by atomic mass is 10.0. The van der Waals surface area contributed by atoms with Crippen LogP contribution in [0.15, 0.2) is 29.1 Å². The maximum absolute atomic E-state index is 13.4. The summed E-state index contributed by atoms with van der Waals surface area (Å²) < 4.78 is 1.35. The van der Waals surface area contributed by atoms with Crippen LogP contribution in [0.3, 0.4) is 0 Å². The van der Waals surface area contributed by atoms with Gasteiger partial charge in [0.25, 0.3) is 5.56 Å². The quantitative estimate of drug-likeness (QED) is 0.764. The summed E-state index contributed by atoms with van der Waals surface area (Å²) in [5, 5.41) is 10.4. The molecular formula is C20H20N2O3S. The molecule has 26 heavy (non-hydrogen) atoms. The van der Waals surface area contributed by atoms with Crippen LogP contribution in [-0.2, 0) is 23.2 Å². The minimum absolute atomic E-state index is 0.252. The van der Waals surface area contributed by atoms with Gasteiger partial charge in [0.1, 0.15) is 16.2 Å². The molecule has 134 valence electrons. The molecule has 2 heterocycles. The van der Waals surface area contributed by atoms with Crippen LogP contribution in [0.2, 0.25) is 0 Å². The summed E-state index contributed by atoms with van der Waals surface area (Å²) in [6, 6.07) is 7.66. The normalized spacial score (nSPS) is 14.0. The highest BCUT2D eigenvalue weighted by atomic mass is 32.1. The standard InChI is InChI=1S/C20H20N2O3S/c1-11-7-9-12(10-8-11)16-21-17-15(13-5-4-6-14(13)26-17)18(23)22(16)20(2,3)19(24)25/h7-10H,4-6H2,1-3H3,(H,24,25). The van der Waals surface area contributed by atoms with E-state index in [0.29, 0.717) is 16.0 Å². The highest BCUT2D eigenvalue weighted by molar-refractivity contribution is 7.18. The number of carboxylic acid groups (broad SMARTS) is 1. The van der Waals surface area contributed by atoms with Crippen molar-refractivity contribution in [2.45, 2.75) is 45.6 Å². The SMILES string of the molecule is Cc1ccc(-c2nc3sc4c(c3c(=O)n2C(C)(C)C(=O)O)CCC4)cc1. The first-order valence-electron chi connectivity index (χ1n) is 8.69. The van der Waals surface area contributed by atoms with Gasteiger partial charge >= 0.3 is 5.97 Å². The number of carboxylic acids is 1. The van der Waals surface area contributed by atoms with E-state index in [4.69, 9.17) is 4.98 Å². The van der Waals surface area contributed by atoms with Crippen molar-refractivity contribution in [3.63, 3.8) is 0 Å². The summed E-state index contributed by atoms with van der Waals surface area (Å²) in [5.41, 5.74) is 1.26. The molecule has 0 unspecified atom stereocenters. The molecule has 5 nitrogen and oxygen atoms in total. The van der Waals surface area contributed by atoms with E-state index < -0.39 is 11.5 Å². The van der Waals surface area contributed by atoms with Crippen molar-refractivity contribution < 1.29 is 9.90 Å². The summed E-state index contributed by atoms with van der Waals surface area (Å²) in [4.78, 5) is 32.1. The first kappa shape index (κ1) is 17.0. The van der Waals surface area contributed by atoms with Gasteiger partial charge in [-0.25, -0.2) is 9.78 Å². The van der Waals surface area contributed by atoms with Gasteiger partial charge in [-0.2, -0.15) is 0 Å². The highest BCUT2D eigenvalue weighted by Crippen LogP contribution is 2.36. The Morgan fingerprint density at radius 2 is 1.92 bits per heavy atom. The largest absolute Gasteiger partial charge is 0.480 e. The number of fused-ring (bicyclic) bond motifs is 3. The van der Waals surface area contributed by atoms with Crippen LogP contribution in [0.25, 0.3) is 21.6 Å². The molecule has 1 N–H and O–H groups in total. The monoisotopic (exact) mass is 368 g/mol. The lowest BCUT2D eigenvalue weighted by Gasteiger charge is -2.25. The van der Waals surface area contributed by atoms with Crippen LogP contribution in [0.4, 0.5) is 0 Å². The summed E-state index contributed by atoms with van der Waals surface area (Å²) >= 11 is 1.57. The van der Waals surface area contributed by atoms with E-state index in [0.717, 1.165) is 36.0 Å². The molecule has 1 aromatic carbocycles. The van der Waals surface area contributed by atoms with Gasteiger partial charge in [-0.1, -0.05) is 29.8 Å². The zero-order chi connectivity index (χ0) is 18.6. The second-order valence-electron chi connectivity index (χ2n) is 7.34. The van der Waals surface area contributed by atoms with Gasteiger partial charge in [0, 0.05) is 10.4 Å². The van der Waals surface area contributed by atoms with Crippen molar-refractivity contribution >= 4 is 27.5 Å². The highest BCUT2D eigenvalue weighted by Gasteiger charge is 2.35. The van der Waals surface area contributed by atoms with E-state index in [9.17, 15) is 14.7 Å². The van der Waals surface area contributed by atoms with Gasteiger partial charge in [-0.3, -0.25) is 9.36 Å². The van der Waals surface area contributed by atoms with E-state index in [-0.39, 0.29) is 5.56 Å². The van der Waals surface area contributed by atoms with Crippen LogP contribution in [-0.4, -0.2) is 20.6 Å². The first-order valence-corrected chi connectivity index (χ1v) is 9.50. The minimum atomic E-state index is -1.40. The number of nitrogens with zero attached hydrogens (tertiary/aromatic N) is 2. The number of aliphatic carboxylic acids is 1. The second-order valence-corrected chi connectivity index (χ2v) is 8.43. The van der Waals surface area contributed by atoms with E-state index in [1.54, 1.807) is 25.2 Å². The molecule has 0 amide bonds. The number of rotatable bonds is 3. The Kier molecular flexibility index (Phi) is 3.77. The summed E-state index contributed by atoms with van der Waals surface area (Å²) in [6.07, 6.45) is 2.88. The number of benzene rings is 1. The number of hydrogen-bond donors (Lipinski definition) is 1. The maximum atomic E-state index is 13.4. The summed E-state index contributed by atoms with van der Waals surface area (Å²) in [7, 11) is 0. The lowest BCUT2D eigenvalue weighted by Crippen LogP contribution is -2.44. The third-order valence-electron chi connectivity index (χ3n) is 5.13. The Bertz CT molecular complexity index is 1090. The topological polar surface area (TPSA) is 72.2 Å². The van der Waals surface area contributed by atoms with E-state index >= 15 is 0 Å². The first-order chi connectivity index (χ1) is 12.3. The fourth-order valence-electron chi connectivity index (χ4n) is 3.55. The zero-order valence-corrected chi connectivity index (χ0v) is 15.8. The molecule has 3 aromatic rings. The predicted octanol–water partition coefficient (Wildman–Crippen LogP) is 3.74. The van der Waals surface area contributed by atoms with E-state index in [2.05, 4.69) is 0 Å². The van der Waals surface area contributed by atoms with Gasteiger partial charge < -0.3 is 5.11 Å². The van der Waals surface area contributed by atoms with Gasteiger partial charge in [-0.15, -0.1) is 11.3 Å². The fourth-order valence-corrected chi connectivity index (χ4v) is 4.81. The number of hydrogen-bond acceptors (Lipinski definition) is 4. The number of carbonyl (C=O) groups is 1. The Morgan fingerprint density at radius 1 is 1.23 bits per heavy atom. The van der Waals surface area contributed by atoms with Gasteiger partial charge in [0.05, 0.1) is 5.39 Å². The number of thiophene rings is 1. The molecule has 0 bridgehead atoms. The third-order valence-corrected chi connectivity index (χ3v) is 6.32. The molecular weight excluding hydrogens is 348 g/mol. The van der Waals surface area contributed by atoms with Gasteiger partial charge in [0.2, 0.25) is 0 Å². The summed E-state index contributed by atoms with van der Waals surface area (Å²) in [6.45, 7) is 5.08. The Morgan fingerprint density at radius 3 is 2.58 bits per heavy atom. The fraction of sp³-hybridized carbons (Fsp3) is 0.350. The molecule has 0 aliphatic heterocycles. The van der Waals surface area contributed by atoms with Gasteiger partial charge in [-0.05, 0) is 45.6 Å². The zero-order valence-electron chi connectivity index (χ0n) is 15.0. The molecule has 4 rings (SSSR count). The second kappa shape index (κ2) is 5.77. The van der Waals surface area contributed by atoms with Crippen LogP contribution < -0.4 is 5.56 Å². The number of aromatic nitrogens is 2. The van der Waals surface area contributed by atoms with Crippen LogP contribution >= 0.6 is 11.3 Å². The van der Waals surface area contributed by atoms with Crippen molar-refractivity contribution in [1.29, 1.82) is 0 Å². The molecule has 1 aliphatic carbocycles. The lowest BCUT2D eigenvalue weighted by molar-refractivity contribution is -0.145. The molecule has 0 spiro atoms. The molecule has 0 radical (unpaired) electrons. The van der Waals surface area contributed by atoms with Crippen molar-refractivity contribution in [1.82, 2.24) is 9.55 Å². The molecule has 2 aromatic heterocycles. The van der Waals surface area contributed by atoms with Crippen molar-refractivity contribution in [2.75, 3.05) is 0 Å². The Labute approximate surface area is 154 Å². The number of aryl methyl sites for hydroxylation is 3. The van der Waals surface area contributed by atoms with E-state index in [1.165, 1.54) is 9.44 Å². The van der Waals surface area contributed by atoms with Crippen molar-refractivity contribution in [3.8, 4) is 11.4 Å². The molecule has 0 saturated carbocycles. The van der Waals surface area contributed by atoms with E-state index in [1.807, 2.05) is 31.2 Å².